The van der Waals surface area contributed by atoms with Gasteiger partial charge in [0, 0.05) is 6.42 Å². The number of terminal acetylenes is 1. The maximum Gasteiger partial charge on any atom is 0.248 e. The lowest BCUT2D eigenvalue weighted by atomic mass is 10.3. The van der Waals surface area contributed by atoms with Gasteiger partial charge in [-0.25, -0.2) is 0 Å². The number of hydrogen-bond donors (Lipinski definition) is 0. The molecule has 0 N–H and O–H groups in total. The Balaban J connectivity index is 2.68. The van der Waals surface area contributed by atoms with Gasteiger partial charge in [-0.2, -0.15) is 4.99 Å². The fourth-order valence-corrected chi connectivity index (χ4v) is 3.19. The van der Waals surface area contributed by atoms with E-state index in [-0.39, 0.29) is 5.91 Å². The van der Waals surface area contributed by atoms with Gasteiger partial charge in [-0.15, -0.1) is 6.42 Å². The fraction of sp³-hybridized carbons (Fsp3) is 0.286. The number of amides is 1. The van der Waals surface area contributed by atoms with Crippen LogP contribution in [0.5, 0.6) is 0 Å². The molecule has 2 rings (SSSR count). The molecule has 2 aromatic rings. The van der Waals surface area contributed by atoms with Crippen molar-refractivity contribution in [2.75, 3.05) is 0 Å². The third-order valence-corrected chi connectivity index (χ3v) is 3.93. The zero-order valence-corrected chi connectivity index (χ0v) is 12.1. The minimum Gasteiger partial charge on any atom is -0.303 e. The van der Waals surface area contributed by atoms with Crippen molar-refractivity contribution >= 4 is 39.1 Å². The van der Waals surface area contributed by atoms with Crippen LogP contribution >= 0.6 is 22.9 Å². The first kappa shape index (κ1) is 13.9. The number of halogens is 1. The predicted octanol–water partition coefficient (Wildman–Crippen LogP) is 3.22. The van der Waals surface area contributed by atoms with Crippen LogP contribution in [-0.4, -0.2) is 10.5 Å². The molecule has 19 heavy (non-hydrogen) atoms. The van der Waals surface area contributed by atoms with Gasteiger partial charge < -0.3 is 4.57 Å². The van der Waals surface area contributed by atoms with E-state index in [1.807, 2.05) is 23.6 Å². The van der Waals surface area contributed by atoms with Gasteiger partial charge in [0.2, 0.25) is 5.91 Å². The second-order valence-electron chi connectivity index (χ2n) is 4.02. The van der Waals surface area contributed by atoms with Gasteiger partial charge in [0.25, 0.3) is 0 Å². The zero-order valence-electron chi connectivity index (χ0n) is 10.5. The first-order chi connectivity index (χ1) is 9.17. The largest absolute Gasteiger partial charge is 0.303 e. The highest BCUT2D eigenvalue weighted by Crippen LogP contribution is 2.25. The van der Waals surface area contributed by atoms with Gasteiger partial charge in [0.05, 0.1) is 21.8 Å². The molecular weight excluding hydrogens is 280 g/mol. The molecule has 0 spiro atoms. The molecule has 0 saturated carbocycles. The second-order valence-corrected chi connectivity index (χ2v) is 5.43. The van der Waals surface area contributed by atoms with Crippen LogP contribution in [0.15, 0.2) is 23.2 Å². The molecule has 0 radical (unpaired) electrons. The first-order valence-corrected chi connectivity index (χ1v) is 7.15. The van der Waals surface area contributed by atoms with E-state index < -0.39 is 0 Å². The van der Waals surface area contributed by atoms with E-state index in [1.54, 1.807) is 6.07 Å². The van der Waals surface area contributed by atoms with Crippen LogP contribution in [0.3, 0.4) is 0 Å². The summed E-state index contributed by atoms with van der Waals surface area (Å²) >= 11 is 7.63. The summed E-state index contributed by atoms with van der Waals surface area (Å²) in [6.07, 6.45) is 6.61. The van der Waals surface area contributed by atoms with Crippen LogP contribution in [0, 0.1) is 12.3 Å². The first-order valence-electron chi connectivity index (χ1n) is 5.96. The number of carbonyl (C=O) groups excluding carboxylic acids is 1. The number of para-hydroxylation sites is 1. The molecule has 0 bridgehead atoms. The van der Waals surface area contributed by atoms with Crippen LogP contribution in [0.4, 0.5) is 0 Å². The van der Waals surface area contributed by atoms with E-state index in [0.717, 1.165) is 16.6 Å². The van der Waals surface area contributed by atoms with E-state index in [0.29, 0.717) is 22.8 Å². The third-order valence-electron chi connectivity index (χ3n) is 2.59. The SMILES string of the molecule is C#CCn1c(=NC(=O)CCC)sc2cccc(Cl)c21. The Bertz CT molecular complexity index is 721. The van der Waals surface area contributed by atoms with Crippen molar-refractivity contribution < 1.29 is 4.79 Å². The molecular formula is C14H13ClN2OS. The second kappa shape index (κ2) is 6.05. The van der Waals surface area contributed by atoms with Crippen molar-refractivity contribution in [3.8, 4) is 12.3 Å². The number of thiazole rings is 1. The maximum atomic E-state index is 11.7. The van der Waals surface area contributed by atoms with Crippen molar-refractivity contribution in [1.82, 2.24) is 4.57 Å². The van der Waals surface area contributed by atoms with Crippen LogP contribution in [0.2, 0.25) is 5.02 Å². The molecule has 3 nitrogen and oxygen atoms in total. The summed E-state index contributed by atoms with van der Waals surface area (Å²) in [5.41, 5.74) is 0.843. The lowest BCUT2D eigenvalue weighted by Crippen LogP contribution is -2.16. The van der Waals surface area contributed by atoms with E-state index in [9.17, 15) is 4.79 Å². The molecule has 1 aromatic carbocycles. The van der Waals surface area contributed by atoms with Crippen molar-refractivity contribution in [3.63, 3.8) is 0 Å². The summed E-state index contributed by atoms with van der Waals surface area (Å²) < 4.78 is 2.79. The Labute approximate surface area is 120 Å². The van der Waals surface area contributed by atoms with E-state index in [1.165, 1.54) is 11.3 Å². The Hall–Kier alpha value is -1.57. The van der Waals surface area contributed by atoms with E-state index in [4.69, 9.17) is 18.0 Å². The highest BCUT2D eigenvalue weighted by Gasteiger charge is 2.09. The van der Waals surface area contributed by atoms with Crippen molar-refractivity contribution in [3.05, 3.63) is 28.0 Å². The molecule has 0 atom stereocenters. The fourth-order valence-electron chi connectivity index (χ4n) is 1.79. The Kier molecular flexibility index (Phi) is 4.41. The number of aromatic nitrogens is 1. The number of rotatable bonds is 3. The molecule has 1 amide bonds. The highest BCUT2D eigenvalue weighted by molar-refractivity contribution is 7.16. The molecule has 0 aliphatic carbocycles. The van der Waals surface area contributed by atoms with Gasteiger partial charge in [0.15, 0.2) is 4.80 Å². The van der Waals surface area contributed by atoms with E-state index >= 15 is 0 Å². The lowest BCUT2D eigenvalue weighted by Gasteiger charge is -2.01. The summed E-state index contributed by atoms with van der Waals surface area (Å²) in [7, 11) is 0. The number of benzene rings is 1. The Morgan fingerprint density at radius 3 is 3.05 bits per heavy atom. The van der Waals surface area contributed by atoms with Gasteiger partial charge in [-0.1, -0.05) is 41.8 Å². The van der Waals surface area contributed by atoms with Gasteiger partial charge >= 0.3 is 0 Å². The molecule has 1 aromatic heterocycles. The quantitative estimate of drug-likeness (QED) is 0.800. The minimum absolute atomic E-state index is 0.129. The highest BCUT2D eigenvalue weighted by atomic mass is 35.5. The molecule has 98 valence electrons. The minimum atomic E-state index is -0.129. The number of nitrogens with zero attached hydrogens (tertiary/aromatic N) is 2. The number of fused-ring (bicyclic) bond motifs is 1. The van der Waals surface area contributed by atoms with Crippen LogP contribution in [0.25, 0.3) is 10.2 Å². The topological polar surface area (TPSA) is 34.4 Å². The summed E-state index contributed by atoms with van der Waals surface area (Å²) in [6.45, 7) is 2.30. The average Bonchev–Trinajstić information content (AvgIpc) is 2.69. The van der Waals surface area contributed by atoms with Crippen molar-refractivity contribution in [2.24, 2.45) is 4.99 Å². The lowest BCUT2D eigenvalue weighted by molar-refractivity contribution is -0.118. The van der Waals surface area contributed by atoms with Gasteiger partial charge in [-0.05, 0) is 18.6 Å². The molecule has 0 unspecified atom stereocenters. The average molecular weight is 293 g/mol. The smallest absolute Gasteiger partial charge is 0.248 e. The van der Waals surface area contributed by atoms with Crippen molar-refractivity contribution in [2.45, 2.75) is 26.3 Å². The monoisotopic (exact) mass is 292 g/mol. The van der Waals surface area contributed by atoms with E-state index in [2.05, 4.69) is 10.9 Å². The number of hydrogen-bond acceptors (Lipinski definition) is 2. The van der Waals surface area contributed by atoms with Crippen LogP contribution in [-0.2, 0) is 11.3 Å². The predicted molar refractivity (Wildman–Crippen MR) is 79.1 cm³/mol. The molecule has 0 aliphatic rings. The van der Waals surface area contributed by atoms with Gasteiger partial charge in [-0.3, -0.25) is 4.79 Å². The normalized spacial score (nSPS) is 11.7. The summed E-state index contributed by atoms with van der Waals surface area (Å²) in [6, 6.07) is 5.63. The van der Waals surface area contributed by atoms with Crippen LogP contribution in [0.1, 0.15) is 19.8 Å². The molecule has 0 aliphatic heterocycles. The van der Waals surface area contributed by atoms with Crippen molar-refractivity contribution in [1.29, 1.82) is 0 Å². The standard InChI is InChI=1S/C14H13ClN2OS/c1-3-6-12(18)16-14-17(9-4-2)13-10(15)7-5-8-11(13)19-14/h2,5,7-8H,3,6,9H2,1H3. The van der Waals surface area contributed by atoms with Gasteiger partial charge in [0.1, 0.15) is 0 Å². The maximum absolute atomic E-state index is 11.7. The molecule has 0 saturated heterocycles. The summed E-state index contributed by atoms with van der Waals surface area (Å²) in [4.78, 5) is 16.4. The zero-order chi connectivity index (χ0) is 13.8. The molecule has 5 heteroatoms. The molecule has 1 heterocycles. The number of carbonyl (C=O) groups is 1. The molecule has 0 fully saturated rings. The summed E-state index contributed by atoms with van der Waals surface area (Å²) in [5, 5.41) is 0.619. The summed E-state index contributed by atoms with van der Waals surface area (Å²) in [5.74, 6) is 2.45. The third kappa shape index (κ3) is 2.89. The Morgan fingerprint density at radius 1 is 1.58 bits per heavy atom. The Morgan fingerprint density at radius 2 is 2.37 bits per heavy atom. The van der Waals surface area contributed by atoms with Crippen LogP contribution < -0.4 is 4.80 Å².